The maximum atomic E-state index is 12.3. The van der Waals surface area contributed by atoms with Crippen molar-refractivity contribution in [2.75, 3.05) is 36.5 Å². The molecule has 5 rings (SSSR count). The van der Waals surface area contributed by atoms with Crippen LogP contribution in [-0.4, -0.2) is 46.1 Å². The van der Waals surface area contributed by atoms with Gasteiger partial charge in [0.05, 0.1) is 21.6 Å². The van der Waals surface area contributed by atoms with Gasteiger partial charge in [0.1, 0.15) is 5.00 Å². The van der Waals surface area contributed by atoms with Gasteiger partial charge in [-0.05, 0) is 66.8 Å². The van der Waals surface area contributed by atoms with Crippen molar-refractivity contribution in [3.63, 3.8) is 0 Å². The van der Waals surface area contributed by atoms with Gasteiger partial charge < -0.3 is 16.4 Å². The van der Waals surface area contributed by atoms with Crippen molar-refractivity contribution in [1.29, 1.82) is 0 Å². The Balaban J connectivity index is 0.000000207. The number of nitrogens with zero attached hydrogens (tertiary/aromatic N) is 4. The van der Waals surface area contributed by atoms with Gasteiger partial charge in [0, 0.05) is 49.0 Å². The Morgan fingerprint density at radius 1 is 1.03 bits per heavy atom. The molecule has 2 amide bonds. The van der Waals surface area contributed by atoms with Crippen molar-refractivity contribution < 1.29 is 14.5 Å². The highest BCUT2D eigenvalue weighted by Crippen LogP contribution is 2.28. The van der Waals surface area contributed by atoms with E-state index in [-0.39, 0.29) is 17.5 Å². The second-order valence-corrected chi connectivity index (χ2v) is 9.43. The van der Waals surface area contributed by atoms with Crippen LogP contribution in [0.5, 0.6) is 0 Å². The molecular formula is C26H26N6O4S. The summed E-state index contributed by atoms with van der Waals surface area (Å²) < 4.78 is 4.01. The minimum atomic E-state index is -0.448. The highest BCUT2D eigenvalue weighted by molar-refractivity contribution is 7.11. The van der Waals surface area contributed by atoms with E-state index in [1.54, 1.807) is 30.3 Å². The lowest BCUT2D eigenvalue weighted by Crippen LogP contribution is -2.32. The number of nitro groups is 1. The van der Waals surface area contributed by atoms with Gasteiger partial charge in [-0.15, -0.1) is 0 Å². The molecule has 1 aliphatic rings. The number of benzene rings is 3. The first kappa shape index (κ1) is 25.6. The van der Waals surface area contributed by atoms with Crippen LogP contribution in [0.1, 0.15) is 32.7 Å². The molecule has 10 nitrogen and oxygen atoms in total. The van der Waals surface area contributed by atoms with E-state index in [0.717, 1.165) is 35.0 Å². The number of non-ortho nitro benzene ring substituents is 1. The third kappa shape index (κ3) is 5.36. The summed E-state index contributed by atoms with van der Waals surface area (Å²) in [7, 11) is 1.99. The Bertz CT molecular complexity index is 1470. The third-order valence-corrected chi connectivity index (χ3v) is 6.85. The van der Waals surface area contributed by atoms with Gasteiger partial charge in [0.2, 0.25) is 0 Å². The number of amides is 2. The number of anilines is 3. The van der Waals surface area contributed by atoms with Gasteiger partial charge >= 0.3 is 0 Å². The molecule has 0 spiro atoms. The van der Waals surface area contributed by atoms with Crippen LogP contribution in [0.15, 0.2) is 60.7 Å². The van der Waals surface area contributed by atoms with Gasteiger partial charge in [0.15, 0.2) is 0 Å². The normalized spacial score (nSPS) is 12.3. The van der Waals surface area contributed by atoms with Crippen molar-refractivity contribution in [2.24, 2.45) is 0 Å². The number of fused-ring (bicyclic) bond motifs is 2. The van der Waals surface area contributed by atoms with Gasteiger partial charge in [-0.2, -0.15) is 4.37 Å². The summed E-state index contributed by atoms with van der Waals surface area (Å²) in [5, 5.41) is 11.6. The predicted octanol–water partition coefficient (Wildman–Crippen LogP) is 4.49. The summed E-state index contributed by atoms with van der Waals surface area (Å²) in [4.78, 5) is 38.0. The number of carbonyl (C=O) groups is 2. The topological polar surface area (TPSA) is 149 Å². The molecule has 0 atom stereocenters. The first-order chi connectivity index (χ1) is 17.7. The number of rotatable bonds is 6. The highest BCUT2D eigenvalue weighted by Gasteiger charge is 2.34. The monoisotopic (exact) mass is 518 g/mol. The third-order valence-electron chi connectivity index (χ3n) is 6.15. The number of hydrogen-bond donors (Lipinski definition) is 2. The molecule has 2 heterocycles. The van der Waals surface area contributed by atoms with E-state index in [0.29, 0.717) is 40.0 Å². The summed E-state index contributed by atoms with van der Waals surface area (Å²) in [6.07, 6.45) is 0.714. The average molecular weight is 519 g/mol. The summed E-state index contributed by atoms with van der Waals surface area (Å²) in [5.74, 6) is -0.386. The number of imide groups is 1. The van der Waals surface area contributed by atoms with Gasteiger partial charge in [0.25, 0.3) is 17.5 Å². The van der Waals surface area contributed by atoms with Crippen LogP contribution in [0.2, 0.25) is 0 Å². The van der Waals surface area contributed by atoms with E-state index in [4.69, 9.17) is 11.5 Å². The SMILES string of the molecule is Cc1cc(N(C)CCCN2C(=O)c3ccccc3C2=O)ccc1N.Nc1snc2ccc([N+](=O)[O-])cc12. The van der Waals surface area contributed by atoms with Crippen LogP contribution in [0.3, 0.4) is 0 Å². The zero-order chi connectivity index (χ0) is 26.7. The summed E-state index contributed by atoms with van der Waals surface area (Å²) >= 11 is 1.14. The van der Waals surface area contributed by atoms with Crippen LogP contribution in [0.4, 0.5) is 22.1 Å². The summed E-state index contributed by atoms with van der Waals surface area (Å²) in [6.45, 7) is 3.15. The van der Waals surface area contributed by atoms with Crippen LogP contribution in [-0.2, 0) is 0 Å². The maximum Gasteiger partial charge on any atom is 0.270 e. The lowest BCUT2D eigenvalue weighted by molar-refractivity contribution is -0.384. The van der Waals surface area contributed by atoms with Crippen LogP contribution >= 0.6 is 11.5 Å². The number of nitrogen functional groups attached to an aromatic ring is 2. The molecule has 190 valence electrons. The first-order valence-electron chi connectivity index (χ1n) is 11.5. The first-order valence-corrected chi connectivity index (χ1v) is 12.3. The average Bonchev–Trinajstić information content (AvgIpc) is 3.38. The van der Waals surface area contributed by atoms with Crippen LogP contribution in [0.25, 0.3) is 10.9 Å². The zero-order valence-corrected chi connectivity index (χ0v) is 21.2. The molecule has 0 bridgehead atoms. The molecule has 3 aromatic carbocycles. The molecule has 0 radical (unpaired) electrons. The number of aryl methyl sites for hydroxylation is 1. The molecule has 1 aliphatic heterocycles. The number of hydrogen-bond acceptors (Lipinski definition) is 9. The van der Waals surface area contributed by atoms with E-state index in [2.05, 4.69) is 9.27 Å². The zero-order valence-electron chi connectivity index (χ0n) is 20.4. The molecular weight excluding hydrogens is 492 g/mol. The van der Waals surface area contributed by atoms with Crippen molar-refractivity contribution in [3.05, 3.63) is 87.5 Å². The smallest absolute Gasteiger partial charge is 0.270 e. The molecule has 1 aromatic heterocycles. The molecule has 11 heteroatoms. The van der Waals surface area contributed by atoms with Crippen molar-refractivity contribution in [1.82, 2.24) is 9.27 Å². The largest absolute Gasteiger partial charge is 0.399 e. The fraction of sp³-hybridized carbons (Fsp3) is 0.192. The number of nitro benzene ring substituents is 1. The fourth-order valence-corrected chi connectivity index (χ4v) is 4.61. The van der Waals surface area contributed by atoms with E-state index < -0.39 is 4.92 Å². The number of nitrogens with two attached hydrogens (primary N) is 2. The van der Waals surface area contributed by atoms with Crippen LogP contribution < -0.4 is 16.4 Å². The van der Waals surface area contributed by atoms with Crippen molar-refractivity contribution in [3.8, 4) is 0 Å². The molecule has 4 N–H and O–H groups in total. The minimum Gasteiger partial charge on any atom is -0.399 e. The molecule has 0 saturated carbocycles. The Morgan fingerprint density at radius 2 is 1.70 bits per heavy atom. The Labute approximate surface area is 217 Å². The van der Waals surface area contributed by atoms with Gasteiger partial charge in [-0.25, -0.2) is 0 Å². The second kappa shape index (κ2) is 10.6. The number of aromatic nitrogens is 1. The molecule has 0 saturated heterocycles. The lowest BCUT2D eigenvalue weighted by atomic mass is 10.1. The number of carbonyl (C=O) groups excluding carboxylic acids is 2. The Morgan fingerprint density at radius 3 is 2.32 bits per heavy atom. The van der Waals surface area contributed by atoms with E-state index in [1.165, 1.54) is 17.0 Å². The molecule has 37 heavy (non-hydrogen) atoms. The second-order valence-electron chi connectivity index (χ2n) is 8.63. The van der Waals surface area contributed by atoms with Crippen molar-refractivity contribution >= 4 is 56.3 Å². The highest BCUT2D eigenvalue weighted by atomic mass is 32.1. The van der Waals surface area contributed by atoms with Crippen molar-refractivity contribution in [2.45, 2.75) is 13.3 Å². The summed E-state index contributed by atoms with van der Waals surface area (Å²) in [5.41, 5.74) is 16.1. The molecule has 4 aromatic rings. The van der Waals surface area contributed by atoms with E-state index in [1.807, 2.05) is 32.2 Å². The Hall–Kier alpha value is -4.51. The van der Waals surface area contributed by atoms with E-state index >= 15 is 0 Å². The molecule has 0 unspecified atom stereocenters. The summed E-state index contributed by atoms with van der Waals surface area (Å²) in [6, 6.07) is 17.3. The minimum absolute atomic E-state index is 0.0411. The maximum absolute atomic E-state index is 12.3. The predicted molar refractivity (Wildman–Crippen MR) is 146 cm³/mol. The quantitative estimate of drug-likeness (QED) is 0.164. The standard InChI is InChI=1S/C19H21N3O2.C7H5N3O2S/c1-13-12-14(8-9-17(13)20)21(2)10-5-11-22-18(23)15-6-3-4-7-16(15)19(22)24;8-7-5-3-4(10(11)12)1-2-6(5)9-13-7/h3-4,6-9,12H,5,10-11,20H2,1-2H3;1-3H,8H2. The van der Waals surface area contributed by atoms with E-state index in [9.17, 15) is 19.7 Å². The molecule has 0 aliphatic carbocycles. The molecule has 0 fully saturated rings. The van der Waals surface area contributed by atoms with Gasteiger partial charge in [-0.1, -0.05) is 12.1 Å². The Kier molecular flexibility index (Phi) is 7.35. The lowest BCUT2D eigenvalue weighted by Gasteiger charge is -2.22. The fourth-order valence-electron chi connectivity index (χ4n) is 4.00. The van der Waals surface area contributed by atoms with Gasteiger partial charge in [-0.3, -0.25) is 24.6 Å². The van der Waals surface area contributed by atoms with Crippen LogP contribution in [0, 0.1) is 17.0 Å².